The van der Waals surface area contributed by atoms with Crippen molar-refractivity contribution in [2.75, 3.05) is 12.4 Å². The maximum absolute atomic E-state index is 12.9. The van der Waals surface area contributed by atoms with E-state index in [1.54, 1.807) is 48.5 Å². The molecule has 0 unspecified atom stereocenters. The summed E-state index contributed by atoms with van der Waals surface area (Å²) in [7, 11) is 1.53. The number of carbonyl (C=O) groups is 2. The molecule has 0 aliphatic carbocycles. The molecule has 2 N–H and O–H groups in total. The van der Waals surface area contributed by atoms with Crippen LogP contribution in [0.15, 0.2) is 76.4 Å². The molecule has 0 aliphatic rings. The molecule has 4 aromatic rings. The number of carbonyl (C=O) groups excluding carboxylic acids is 2. The second kappa shape index (κ2) is 8.54. The summed E-state index contributed by atoms with van der Waals surface area (Å²) < 4.78 is 11.5. The minimum Gasteiger partial charge on any atom is -0.497 e. The predicted octanol–water partition coefficient (Wildman–Crippen LogP) is 2.48. The highest BCUT2D eigenvalue weighted by atomic mass is 16.5. The average molecular weight is 418 g/mol. The Morgan fingerprint density at radius 3 is 2.55 bits per heavy atom. The van der Waals surface area contributed by atoms with Crippen molar-refractivity contribution >= 4 is 23.1 Å². The van der Waals surface area contributed by atoms with E-state index in [9.17, 15) is 14.4 Å². The van der Waals surface area contributed by atoms with E-state index in [-0.39, 0.29) is 23.7 Å². The van der Waals surface area contributed by atoms with Gasteiger partial charge < -0.3 is 19.8 Å². The van der Waals surface area contributed by atoms with Gasteiger partial charge in [-0.05, 0) is 48.5 Å². The first-order valence-electron chi connectivity index (χ1n) is 9.32. The quantitative estimate of drug-likeness (QED) is 0.497. The van der Waals surface area contributed by atoms with Crippen LogP contribution in [0.4, 0.5) is 5.69 Å². The Balaban J connectivity index is 1.56. The zero-order valence-electron chi connectivity index (χ0n) is 16.5. The van der Waals surface area contributed by atoms with E-state index in [1.807, 2.05) is 0 Å². The van der Waals surface area contributed by atoms with E-state index in [0.29, 0.717) is 22.7 Å². The molecule has 3 aromatic heterocycles. The van der Waals surface area contributed by atoms with E-state index < -0.39 is 11.5 Å². The minimum atomic E-state index is -0.507. The summed E-state index contributed by atoms with van der Waals surface area (Å²) in [5, 5.41) is 5.27. The van der Waals surface area contributed by atoms with Crippen molar-refractivity contribution in [3.05, 3.63) is 94.4 Å². The number of fused-ring (bicyclic) bond motifs is 1. The van der Waals surface area contributed by atoms with Crippen LogP contribution in [-0.4, -0.2) is 28.3 Å². The Labute approximate surface area is 176 Å². The molecule has 31 heavy (non-hydrogen) atoms. The third-order valence-electron chi connectivity index (χ3n) is 4.57. The number of benzene rings is 1. The monoisotopic (exact) mass is 418 g/mol. The second-order valence-electron chi connectivity index (χ2n) is 6.57. The summed E-state index contributed by atoms with van der Waals surface area (Å²) >= 11 is 0. The summed E-state index contributed by atoms with van der Waals surface area (Å²) in [6.07, 6.45) is 4.19. The predicted molar refractivity (Wildman–Crippen MR) is 112 cm³/mol. The van der Waals surface area contributed by atoms with Crippen molar-refractivity contribution in [3.63, 3.8) is 0 Å². The first kappa shape index (κ1) is 19.9. The van der Waals surface area contributed by atoms with Crippen LogP contribution in [0.2, 0.25) is 0 Å². The normalized spacial score (nSPS) is 10.6. The van der Waals surface area contributed by atoms with Crippen LogP contribution in [0.1, 0.15) is 26.5 Å². The molecule has 0 radical (unpaired) electrons. The van der Waals surface area contributed by atoms with Gasteiger partial charge in [0, 0.05) is 11.8 Å². The van der Waals surface area contributed by atoms with E-state index >= 15 is 0 Å². The molecule has 1 aromatic carbocycles. The lowest BCUT2D eigenvalue weighted by molar-refractivity contribution is 0.0946. The molecular weight excluding hydrogens is 400 g/mol. The van der Waals surface area contributed by atoms with Gasteiger partial charge in [0.25, 0.3) is 17.4 Å². The molecule has 9 heteroatoms. The third-order valence-corrected chi connectivity index (χ3v) is 4.57. The Morgan fingerprint density at radius 2 is 1.84 bits per heavy atom. The van der Waals surface area contributed by atoms with Crippen LogP contribution in [0.25, 0.3) is 5.65 Å². The Morgan fingerprint density at radius 1 is 1.06 bits per heavy atom. The molecule has 0 spiro atoms. The van der Waals surface area contributed by atoms with Gasteiger partial charge in [0.05, 0.1) is 31.7 Å². The number of rotatable bonds is 6. The summed E-state index contributed by atoms with van der Waals surface area (Å²) in [6, 6.07) is 13.1. The zero-order valence-corrected chi connectivity index (χ0v) is 16.5. The van der Waals surface area contributed by atoms with Crippen LogP contribution in [0.3, 0.4) is 0 Å². The van der Waals surface area contributed by atoms with Crippen molar-refractivity contribution < 1.29 is 18.7 Å². The molecule has 9 nitrogen and oxygen atoms in total. The van der Waals surface area contributed by atoms with Gasteiger partial charge in [0.15, 0.2) is 0 Å². The summed E-state index contributed by atoms with van der Waals surface area (Å²) in [5.74, 6) is 0.380. The van der Waals surface area contributed by atoms with Crippen molar-refractivity contribution in [2.45, 2.75) is 6.54 Å². The molecule has 3 heterocycles. The van der Waals surface area contributed by atoms with E-state index in [4.69, 9.17) is 9.15 Å². The molecule has 0 bridgehead atoms. The Hall–Kier alpha value is -4.40. The Kier molecular flexibility index (Phi) is 5.48. The van der Waals surface area contributed by atoms with Crippen molar-refractivity contribution in [1.82, 2.24) is 14.7 Å². The summed E-state index contributed by atoms with van der Waals surface area (Å²) in [5.41, 5.74) is 0.451. The van der Waals surface area contributed by atoms with Crippen LogP contribution < -0.4 is 20.9 Å². The van der Waals surface area contributed by atoms with Crippen molar-refractivity contribution in [3.8, 4) is 5.75 Å². The highest BCUT2D eigenvalue weighted by Crippen LogP contribution is 2.13. The molecule has 0 atom stereocenters. The fourth-order valence-corrected chi connectivity index (χ4v) is 2.92. The number of pyridine rings is 1. The fraction of sp³-hybridized carbons (Fsp3) is 0.0909. The molecule has 0 fully saturated rings. The molecule has 0 aliphatic heterocycles. The number of furan rings is 1. The molecule has 156 valence electrons. The first-order valence-corrected chi connectivity index (χ1v) is 9.32. The maximum atomic E-state index is 12.9. The number of aromatic nitrogens is 2. The first-order chi connectivity index (χ1) is 15.0. The molecule has 0 saturated heterocycles. The van der Waals surface area contributed by atoms with Crippen LogP contribution in [-0.2, 0) is 6.54 Å². The fourth-order valence-electron chi connectivity index (χ4n) is 2.92. The lowest BCUT2D eigenvalue weighted by atomic mass is 10.2. The number of hydrogen-bond acceptors (Lipinski definition) is 6. The van der Waals surface area contributed by atoms with Gasteiger partial charge in [0.2, 0.25) is 0 Å². The van der Waals surface area contributed by atoms with Gasteiger partial charge in [-0.15, -0.1) is 0 Å². The topological polar surface area (TPSA) is 115 Å². The number of nitrogens with zero attached hydrogens (tertiary/aromatic N) is 2. The summed E-state index contributed by atoms with van der Waals surface area (Å²) in [4.78, 5) is 41.9. The van der Waals surface area contributed by atoms with Gasteiger partial charge in [-0.25, -0.2) is 4.98 Å². The van der Waals surface area contributed by atoms with Crippen molar-refractivity contribution in [2.24, 2.45) is 0 Å². The molecule has 0 saturated carbocycles. The van der Waals surface area contributed by atoms with Gasteiger partial charge in [-0.3, -0.25) is 18.8 Å². The molecular formula is C22H18N4O5. The number of hydrogen-bond donors (Lipinski definition) is 2. The smallest absolute Gasteiger partial charge is 0.281 e. The number of ether oxygens (including phenoxy) is 1. The lowest BCUT2D eigenvalue weighted by Gasteiger charge is -2.09. The average Bonchev–Trinajstić information content (AvgIpc) is 3.33. The Bertz CT molecular complexity index is 1290. The maximum Gasteiger partial charge on any atom is 0.281 e. The summed E-state index contributed by atoms with van der Waals surface area (Å²) in [6.45, 7) is 0.217. The van der Waals surface area contributed by atoms with E-state index in [0.717, 1.165) is 0 Å². The van der Waals surface area contributed by atoms with Crippen LogP contribution in [0, 0.1) is 0 Å². The zero-order chi connectivity index (χ0) is 21.8. The third kappa shape index (κ3) is 4.30. The number of nitrogens with one attached hydrogen (secondary N) is 2. The number of anilines is 1. The van der Waals surface area contributed by atoms with Crippen LogP contribution >= 0.6 is 0 Å². The minimum absolute atomic E-state index is 0.00791. The van der Waals surface area contributed by atoms with Crippen molar-refractivity contribution in [1.29, 1.82) is 0 Å². The number of amides is 2. The lowest BCUT2D eigenvalue weighted by Crippen LogP contribution is -2.26. The van der Waals surface area contributed by atoms with Gasteiger partial charge in [-0.1, -0.05) is 0 Å². The van der Waals surface area contributed by atoms with Gasteiger partial charge >= 0.3 is 0 Å². The highest BCUT2D eigenvalue weighted by Gasteiger charge is 2.13. The molecule has 4 rings (SSSR count). The molecule has 2 amide bonds. The highest BCUT2D eigenvalue weighted by molar-refractivity contribution is 6.04. The van der Waals surface area contributed by atoms with Gasteiger partial charge in [-0.2, -0.15) is 0 Å². The SMILES string of the molecule is COc1ccc(C(=O)Nc2cnc3ccc(C(=O)NCc4ccco4)cn3c2=O)cc1. The van der Waals surface area contributed by atoms with Crippen LogP contribution in [0.5, 0.6) is 5.75 Å². The van der Waals surface area contributed by atoms with E-state index in [2.05, 4.69) is 15.6 Å². The number of methoxy groups -OCH3 is 1. The standard InChI is InChI=1S/C22H18N4O5/c1-30-16-7-4-14(5-8-16)21(28)25-18-12-23-19-9-6-15(13-26(19)22(18)29)20(27)24-11-17-3-2-10-31-17/h2-10,12-13H,11H2,1H3,(H,24,27)(H,25,28). The van der Waals surface area contributed by atoms with Gasteiger partial charge in [0.1, 0.15) is 22.8 Å². The van der Waals surface area contributed by atoms with E-state index in [1.165, 1.54) is 30.2 Å². The largest absolute Gasteiger partial charge is 0.497 e. The second-order valence-corrected chi connectivity index (χ2v) is 6.57.